The molecular weight excluding hydrogens is 176 g/mol. The zero-order valence-corrected chi connectivity index (χ0v) is 8.82. The summed E-state index contributed by atoms with van der Waals surface area (Å²) in [4.78, 5) is 0. The summed E-state index contributed by atoms with van der Waals surface area (Å²) in [6.45, 7) is 6.03. The Morgan fingerprint density at radius 3 is 2.64 bits per heavy atom. The van der Waals surface area contributed by atoms with E-state index in [4.69, 9.17) is 10.6 Å². The number of hydrogen-bond donors (Lipinski definition) is 1. The van der Waals surface area contributed by atoms with Crippen LogP contribution in [0.15, 0.2) is 29.4 Å². The second-order valence-corrected chi connectivity index (χ2v) is 4.07. The fraction of sp³-hybridized carbons (Fsp3) is 0.364. The van der Waals surface area contributed by atoms with E-state index in [1.54, 1.807) is 6.21 Å². The number of nitrogens with zero attached hydrogens (tertiary/aromatic N) is 1. The second kappa shape index (κ2) is 4.13. The van der Waals surface area contributed by atoms with Crippen molar-refractivity contribution in [3.8, 4) is 5.75 Å². The Balaban J connectivity index is 2.84. The van der Waals surface area contributed by atoms with E-state index >= 15 is 0 Å². The highest BCUT2D eigenvalue weighted by atomic mass is 16.5. The average Bonchev–Trinajstić information content (AvgIpc) is 2.02. The van der Waals surface area contributed by atoms with Gasteiger partial charge < -0.3 is 10.6 Å². The van der Waals surface area contributed by atoms with Crippen molar-refractivity contribution < 1.29 is 4.74 Å². The summed E-state index contributed by atoms with van der Waals surface area (Å²) in [5, 5.41) is 3.46. The molecule has 14 heavy (non-hydrogen) atoms. The Kier molecular flexibility index (Phi) is 3.12. The van der Waals surface area contributed by atoms with Gasteiger partial charge in [-0.2, -0.15) is 5.10 Å². The van der Waals surface area contributed by atoms with Crippen LogP contribution in [0.1, 0.15) is 26.3 Å². The molecule has 0 saturated heterocycles. The van der Waals surface area contributed by atoms with Crippen molar-refractivity contribution in [3.63, 3.8) is 0 Å². The third kappa shape index (κ3) is 3.47. The molecule has 0 spiro atoms. The number of hydrogen-bond acceptors (Lipinski definition) is 3. The second-order valence-electron chi connectivity index (χ2n) is 4.07. The van der Waals surface area contributed by atoms with E-state index in [-0.39, 0.29) is 5.60 Å². The minimum absolute atomic E-state index is 0.182. The van der Waals surface area contributed by atoms with Crippen LogP contribution in [0.4, 0.5) is 0 Å². The van der Waals surface area contributed by atoms with Crippen molar-refractivity contribution in [2.24, 2.45) is 10.9 Å². The lowest BCUT2D eigenvalue weighted by atomic mass is 10.2. The summed E-state index contributed by atoms with van der Waals surface area (Å²) in [7, 11) is 0. The first-order valence-electron chi connectivity index (χ1n) is 4.53. The Labute approximate surface area is 84.6 Å². The van der Waals surface area contributed by atoms with E-state index in [2.05, 4.69) is 5.10 Å². The SMILES string of the molecule is CC(C)(C)Oc1cccc(C=NN)c1. The van der Waals surface area contributed by atoms with Crippen LogP contribution in [0.3, 0.4) is 0 Å². The fourth-order valence-electron chi connectivity index (χ4n) is 1.10. The zero-order valence-electron chi connectivity index (χ0n) is 8.82. The maximum atomic E-state index is 5.69. The summed E-state index contributed by atoms with van der Waals surface area (Å²) >= 11 is 0. The molecule has 0 saturated carbocycles. The van der Waals surface area contributed by atoms with Crippen molar-refractivity contribution >= 4 is 6.21 Å². The first kappa shape index (κ1) is 10.6. The first-order valence-corrected chi connectivity index (χ1v) is 4.53. The third-order valence-corrected chi connectivity index (χ3v) is 1.51. The topological polar surface area (TPSA) is 47.6 Å². The molecule has 0 aliphatic heterocycles. The normalized spacial score (nSPS) is 11.9. The summed E-state index contributed by atoms with van der Waals surface area (Å²) in [5.74, 6) is 5.90. The smallest absolute Gasteiger partial charge is 0.120 e. The lowest BCUT2D eigenvalue weighted by Crippen LogP contribution is -2.22. The molecule has 3 heteroatoms. The highest BCUT2D eigenvalue weighted by molar-refractivity contribution is 5.79. The van der Waals surface area contributed by atoms with Crippen molar-refractivity contribution in [3.05, 3.63) is 29.8 Å². The monoisotopic (exact) mass is 192 g/mol. The predicted molar refractivity (Wildman–Crippen MR) is 58.6 cm³/mol. The number of nitrogens with two attached hydrogens (primary N) is 1. The summed E-state index contributed by atoms with van der Waals surface area (Å²) < 4.78 is 5.69. The Bertz CT molecular complexity index is 326. The van der Waals surface area contributed by atoms with Crippen LogP contribution in [0.2, 0.25) is 0 Å². The van der Waals surface area contributed by atoms with Crippen molar-refractivity contribution in [1.82, 2.24) is 0 Å². The van der Waals surface area contributed by atoms with Crippen LogP contribution in [0, 0.1) is 0 Å². The van der Waals surface area contributed by atoms with Gasteiger partial charge >= 0.3 is 0 Å². The van der Waals surface area contributed by atoms with Crippen molar-refractivity contribution in [2.45, 2.75) is 26.4 Å². The molecule has 0 amide bonds. The molecule has 0 heterocycles. The number of ether oxygens (including phenoxy) is 1. The summed E-state index contributed by atoms with van der Waals surface area (Å²) in [6.07, 6.45) is 1.59. The Hall–Kier alpha value is -1.51. The highest BCUT2D eigenvalue weighted by Crippen LogP contribution is 2.18. The number of hydrazone groups is 1. The maximum absolute atomic E-state index is 5.69. The molecule has 0 fully saturated rings. The minimum atomic E-state index is -0.182. The van der Waals surface area contributed by atoms with Gasteiger partial charge in [0.05, 0.1) is 6.21 Å². The van der Waals surface area contributed by atoms with Gasteiger partial charge in [-0.1, -0.05) is 12.1 Å². The third-order valence-electron chi connectivity index (χ3n) is 1.51. The molecule has 1 aromatic carbocycles. The molecule has 1 aromatic rings. The molecule has 0 bridgehead atoms. The summed E-state index contributed by atoms with van der Waals surface area (Å²) in [5.41, 5.74) is 0.757. The summed E-state index contributed by atoms with van der Waals surface area (Å²) in [6, 6.07) is 7.66. The lowest BCUT2D eigenvalue weighted by Gasteiger charge is -2.21. The van der Waals surface area contributed by atoms with E-state index in [9.17, 15) is 0 Å². The van der Waals surface area contributed by atoms with Crippen LogP contribution in [0.5, 0.6) is 5.75 Å². The van der Waals surface area contributed by atoms with Gasteiger partial charge in [0.1, 0.15) is 11.4 Å². The molecule has 1 rings (SSSR count). The van der Waals surface area contributed by atoms with Gasteiger partial charge in [0, 0.05) is 0 Å². The fourth-order valence-corrected chi connectivity index (χ4v) is 1.10. The Morgan fingerprint density at radius 1 is 1.36 bits per heavy atom. The van der Waals surface area contributed by atoms with Crippen molar-refractivity contribution in [2.75, 3.05) is 0 Å². The van der Waals surface area contributed by atoms with Gasteiger partial charge in [-0.3, -0.25) is 0 Å². The van der Waals surface area contributed by atoms with E-state index in [1.165, 1.54) is 0 Å². The van der Waals surface area contributed by atoms with Gasteiger partial charge in [0.2, 0.25) is 0 Å². The number of benzene rings is 1. The van der Waals surface area contributed by atoms with Gasteiger partial charge in [-0.25, -0.2) is 0 Å². The first-order chi connectivity index (χ1) is 6.51. The van der Waals surface area contributed by atoms with Crippen LogP contribution in [0.25, 0.3) is 0 Å². The largest absolute Gasteiger partial charge is 0.488 e. The lowest BCUT2D eigenvalue weighted by molar-refractivity contribution is 0.131. The molecule has 0 unspecified atom stereocenters. The molecule has 76 valence electrons. The van der Waals surface area contributed by atoms with E-state index in [0.717, 1.165) is 11.3 Å². The molecule has 0 aliphatic carbocycles. The predicted octanol–water partition coefficient (Wildman–Crippen LogP) is 2.16. The molecule has 0 radical (unpaired) electrons. The van der Waals surface area contributed by atoms with Crippen LogP contribution in [-0.4, -0.2) is 11.8 Å². The van der Waals surface area contributed by atoms with Crippen LogP contribution in [-0.2, 0) is 0 Å². The molecule has 0 atom stereocenters. The maximum Gasteiger partial charge on any atom is 0.120 e. The highest BCUT2D eigenvalue weighted by Gasteiger charge is 2.11. The molecule has 0 aromatic heterocycles. The van der Waals surface area contributed by atoms with Gasteiger partial charge in [-0.05, 0) is 38.5 Å². The standard InChI is InChI=1S/C11H16N2O/c1-11(2,3)14-10-6-4-5-9(7-10)8-13-12/h4-8H,12H2,1-3H3. The minimum Gasteiger partial charge on any atom is -0.488 e. The zero-order chi connectivity index (χ0) is 10.6. The van der Waals surface area contributed by atoms with Crippen molar-refractivity contribution in [1.29, 1.82) is 0 Å². The van der Waals surface area contributed by atoms with Gasteiger partial charge in [-0.15, -0.1) is 0 Å². The molecule has 3 nitrogen and oxygen atoms in total. The van der Waals surface area contributed by atoms with Gasteiger partial charge in [0.25, 0.3) is 0 Å². The molecule has 0 aliphatic rings. The average molecular weight is 192 g/mol. The number of rotatable bonds is 2. The van der Waals surface area contributed by atoms with Crippen LogP contribution < -0.4 is 10.6 Å². The molecular formula is C11H16N2O. The Morgan fingerprint density at radius 2 is 2.07 bits per heavy atom. The molecule has 2 N–H and O–H groups in total. The van der Waals surface area contributed by atoms with E-state index in [0.29, 0.717) is 0 Å². The quantitative estimate of drug-likeness (QED) is 0.443. The van der Waals surface area contributed by atoms with E-state index < -0.39 is 0 Å². The van der Waals surface area contributed by atoms with E-state index in [1.807, 2.05) is 45.0 Å². The van der Waals surface area contributed by atoms with Gasteiger partial charge in [0.15, 0.2) is 0 Å². The van der Waals surface area contributed by atoms with Crippen LogP contribution >= 0.6 is 0 Å².